The van der Waals surface area contributed by atoms with Crippen molar-refractivity contribution in [2.24, 2.45) is 0 Å². The molecule has 1 amide bonds. The molecule has 3 heteroatoms. The summed E-state index contributed by atoms with van der Waals surface area (Å²) in [7, 11) is 0. The van der Waals surface area contributed by atoms with Gasteiger partial charge in [0.25, 0.3) is 5.91 Å². The minimum Gasteiger partial charge on any atom is -0.484 e. The van der Waals surface area contributed by atoms with Crippen LogP contribution in [0.3, 0.4) is 0 Å². The second-order valence-electron chi connectivity index (χ2n) is 6.48. The Bertz CT molecular complexity index is 639. The molecule has 0 heterocycles. The number of benzene rings is 2. The number of ether oxygens (including phenoxy) is 1. The van der Waals surface area contributed by atoms with E-state index in [2.05, 4.69) is 32.2 Å². The molecule has 0 aliphatic rings. The third-order valence-electron chi connectivity index (χ3n) is 3.41. The molecular weight excluding hydrogens is 274 g/mol. The van der Waals surface area contributed by atoms with Gasteiger partial charge in [-0.15, -0.1) is 0 Å². The van der Waals surface area contributed by atoms with E-state index >= 15 is 0 Å². The van der Waals surface area contributed by atoms with Crippen LogP contribution in [0, 0.1) is 6.92 Å². The van der Waals surface area contributed by atoms with Crippen molar-refractivity contribution in [3.8, 4) is 5.75 Å². The number of hydrogen-bond acceptors (Lipinski definition) is 2. The lowest BCUT2D eigenvalue weighted by Crippen LogP contribution is -2.20. The standard InChI is InChI=1S/C19H23NO2/c1-14-8-10-16(11-9-14)20-18(21)13-22-17-7-5-6-15(12-17)19(2,3)4/h5-12H,13H2,1-4H3,(H,20,21). The van der Waals surface area contributed by atoms with Crippen LogP contribution in [-0.4, -0.2) is 12.5 Å². The summed E-state index contributed by atoms with van der Waals surface area (Å²) in [5.74, 6) is 0.552. The molecule has 3 nitrogen and oxygen atoms in total. The maximum Gasteiger partial charge on any atom is 0.262 e. The highest BCUT2D eigenvalue weighted by Gasteiger charge is 2.14. The molecule has 1 N–H and O–H groups in total. The summed E-state index contributed by atoms with van der Waals surface area (Å²) in [4.78, 5) is 11.9. The highest BCUT2D eigenvalue weighted by Crippen LogP contribution is 2.25. The molecule has 0 aliphatic carbocycles. The minimum atomic E-state index is -0.162. The predicted octanol–water partition coefficient (Wildman–Crippen LogP) is 4.31. The fraction of sp³-hybridized carbons (Fsp3) is 0.316. The Morgan fingerprint density at radius 2 is 1.77 bits per heavy atom. The van der Waals surface area contributed by atoms with Gasteiger partial charge in [0.1, 0.15) is 5.75 Å². The van der Waals surface area contributed by atoms with Crippen molar-refractivity contribution in [1.82, 2.24) is 0 Å². The van der Waals surface area contributed by atoms with E-state index in [1.54, 1.807) is 0 Å². The van der Waals surface area contributed by atoms with Crippen LogP contribution >= 0.6 is 0 Å². The van der Waals surface area contributed by atoms with Crippen molar-refractivity contribution >= 4 is 11.6 Å². The van der Waals surface area contributed by atoms with E-state index in [1.165, 1.54) is 5.56 Å². The lowest BCUT2D eigenvalue weighted by atomic mass is 9.87. The highest BCUT2D eigenvalue weighted by molar-refractivity contribution is 5.91. The molecule has 0 aromatic heterocycles. The zero-order valence-electron chi connectivity index (χ0n) is 13.6. The van der Waals surface area contributed by atoms with Gasteiger partial charge in [0.2, 0.25) is 0 Å². The molecular formula is C19H23NO2. The zero-order chi connectivity index (χ0) is 16.2. The SMILES string of the molecule is Cc1ccc(NC(=O)COc2cccc(C(C)(C)C)c2)cc1. The molecule has 0 aliphatic heterocycles. The van der Waals surface area contributed by atoms with Gasteiger partial charge in [0.05, 0.1) is 0 Å². The number of hydrogen-bond donors (Lipinski definition) is 1. The molecule has 0 unspecified atom stereocenters. The largest absolute Gasteiger partial charge is 0.484 e. The molecule has 116 valence electrons. The van der Waals surface area contributed by atoms with E-state index in [0.717, 1.165) is 11.3 Å². The molecule has 0 radical (unpaired) electrons. The summed E-state index contributed by atoms with van der Waals surface area (Å²) in [6.45, 7) is 8.46. The third kappa shape index (κ3) is 4.62. The van der Waals surface area contributed by atoms with E-state index < -0.39 is 0 Å². The van der Waals surface area contributed by atoms with Crippen molar-refractivity contribution in [2.75, 3.05) is 11.9 Å². The molecule has 2 rings (SSSR count). The van der Waals surface area contributed by atoms with Crippen molar-refractivity contribution in [3.63, 3.8) is 0 Å². The topological polar surface area (TPSA) is 38.3 Å². The molecule has 0 atom stereocenters. The number of amides is 1. The maximum atomic E-state index is 11.9. The molecule has 0 spiro atoms. The summed E-state index contributed by atoms with van der Waals surface area (Å²) in [6.07, 6.45) is 0. The highest BCUT2D eigenvalue weighted by atomic mass is 16.5. The number of carbonyl (C=O) groups excluding carboxylic acids is 1. The molecule has 0 bridgehead atoms. The van der Waals surface area contributed by atoms with Crippen LogP contribution in [-0.2, 0) is 10.2 Å². The van der Waals surface area contributed by atoms with Gasteiger partial charge < -0.3 is 10.1 Å². The van der Waals surface area contributed by atoms with E-state index in [0.29, 0.717) is 5.75 Å². The predicted molar refractivity (Wildman–Crippen MR) is 90.4 cm³/mol. The van der Waals surface area contributed by atoms with Crippen LogP contribution in [0.1, 0.15) is 31.9 Å². The van der Waals surface area contributed by atoms with Gasteiger partial charge in [-0.3, -0.25) is 4.79 Å². The van der Waals surface area contributed by atoms with E-state index in [-0.39, 0.29) is 17.9 Å². The molecule has 0 saturated carbocycles. The zero-order valence-corrected chi connectivity index (χ0v) is 13.6. The molecule has 22 heavy (non-hydrogen) atoms. The lowest BCUT2D eigenvalue weighted by Gasteiger charge is -2.19. The first kappa shape index (κ1) is 16.1. The summed E-state index contributed by atoms with van der Waals surface area (Å²) in [5.41, 5.74) is 3.18. The Kier molecular flexibility index (Phi) is 4.86. The Balaban J connectivity index is 1.92. The molecule has 2 aromatic carbocycles. The minimum absolute atomic E-state index is 0.00146. The maximum absolute atomic E-state index is 11.9. The number of aryl methyl sites for hydroxylation is 1. The quantitative estimate of drug-likeness (QED) is 0.913. The van der Waals surface area contributed by atoms with E-state index in [4.69, 9.17) is 4.74 Å². The average Bonchev–Trinajstić information content (AvgIpc) is 2.47. The second kappa shape index (κ2) is 6.65. The number of nitrogens with one attached hydrogen (secondary N) is 1. The van der Waals surface area contributed by atoms with Crippen LogP contribution in [0.5, 0.6) is 5.75 Å². The monoisotopic (exact) mass is 297 g/mol. The van der Waals surface area contributed by atoms with Crippen LogP contribution in [0.4, 0.5) is 5.69 Å². The Morgan fingerprint density at radius 3 is 2.41 bits per heavy atom. The Morgan fingerprint density at radius 1 is 1.09 bits per heavy atom. The summed E-state index contributed by atoms with van der Waals surface area (Å²) >= 11 is 0. The molecule has 0 saturated heterocycles. The fourth-order valence-electron chi connectivity index (χ4n) is 2.04. The van der Waals surface area contributed by atoms with Crippen LogP contribution in [0.2, 0.25) is 0 Å². The fourth-order valence-corrected chi connectivity index (χ4v) is 2.04. The number of rotatable bonds is 4. The Hall–Kier alpha value is -2.29. The van der Waals surface area contributed by atoms with Gasteiger partial charge in [0.15, 0.2) is 6.61 Å². The van der Waals surface area contributed by atoms with Gasteiger partial charge >= 0.3 is 0 Å². The number of carbonyl (C=O) groups is 1. The van der Waals surface area contributed by atoms with Crippen molar-refractivity contribution in [1.29, 1.82) is 0 Å². The second-order valence-corrected chi connectivity index (χ2v) is 6.48. The van der Waals surface area contributed by atoms with Gasteiger partial charge in [-0.25, -0.2) is 0 Å². The smallest absolute Gasteiger partial charge is 0.262 e. The van der Waals surface area contributed by atoms with Crippen molar-refractivity contribution in [2.45, 2.75) is 33.1 Å². The van der Waals surface area contributed by atoms with Gasteiger partial charge in [-0.2, -0.15) is 0 Å². The normalized spacial score (nSPS) is 11.1. The summed E-state index contributed by atoms with van der Waals surface area (Å²) in [6, 6.07) is 15.6. The van der Waals surface area contributed by atoms with Crippen molar-refractivity contribution < 1.29 is 9.53 Å². The van der Waals surface area contributed by atoms with Crippen LogP contribution in [0.15, 0.2) is 48.5 Å². The summed E-state index contributed by atoms with van der Waals surface area (Å²) < 4.78 is 5.59. The van der Waals surface area contributed by atoms with E-state index in [9.17, 15) is 4.79 Å². The van der Waals surface area contributed by atoms with Gasteiger partial charge in [-0.05, 0) is 42.2 Å². The molecule has 0 fully saturated rings. The van der Waals surface area contributed by atoms with Crippen molar-refractivity contribution in [3.05, 3.63) is 59.7 Å². The number of anilines is 1. The first-order valence-electron chi connectivity index (χ1n) is 7.44. The summed E-state index contributed by atoms with van der Waals surface area (Å²) in [5, 5.41) is 2.82. The third-order valence-corrected chi connectivity index (χ3v) is 3.41. The van der Waals surface area contributed by atoms with E-state index in [1.807, 2.05) is 49.4 Å². The first-order valence-corrected chi connectivity index (χ1v) is 7.44. The lowest BCUT2D eigenvalue weighted by molar-refractivity contribution is -0.118. The van der Waals surface area contributed by atoms with Crippen LogP contribution < -0.4 is 10.1 Å². The van der Waals surface area contributed by atoms with Gasteiger partial charge in [0, 0.05) is 5.69 Å². The Labute approximate surface area is 132 Å². The van der Waals surface area contributed by atoms with Crippen LogP contribution in [0.25, 0.3) is 0 Å². The molecule has 2 aromatic rings. The average molecular weight is 297 g/mol. The first-order chi connectivity index (χ1) is 10.3. The van der Waals surface area contributed by atoms with Gasteiger partial charge in [-0.1, -0.05) is 50.6 Å².